The molecule has 1 aromatic rings. The molecule has 3 rings (SSSR count). The first-order valence-corrected chi connectivity index (χ1v) is 6.78. The van der Waals surface area contributed by atoms with E-state index in [-0.39, 0.29) is 0 Å². The average Bonchev–Trinajstić information content (AvgIpc) is 2.92. The highest BCUT2D eigenvalue weighted by Crippen LogP contribution is 2.31. The van der Waals surface area contributed by atoms with Crippen LogP contribution in [0.2, 0.25) is 0 Å². The Morgan fingerprint density at radius 3 is 3.00 bits per heavy atom. The summed E-state index contributed by atoms with van der Waals surface area (Å²) in [7, 11) is 0. The first-order chi connectivity index (χ1) is 8.59. The van der Waals surface area contributed by atoms with E-state index in [0.29, 0.717) is 13.1 Å². The fourth-order valence-electron chi connectivity index (χ4n) is 3.06. The zero-order valence-corrected chi connectivity index (χ0v) is 10.9. The Hall–Kier alpha value is -1.13. The van der Waals surface area contributed by atoms with Gasteiger partial charge < -0.3 is 15.7 Å². The highest BCUT2D eigenvalue weighted by atomic mass is 16.3. The Kier molecular flexibility index (Phi) is 2.79. The third kappa shape index (κ3) is 1.99. The number of fused-ring (bicyclic) bond motifs is 1. The van der Waals surface area contributed by atoms with E-state index in [9.17, 15) is 5.11 Å². The third-order valence-electron chi connectivity index (χ3n) is 4.08. The van der Waals surface area contributed by atoms with Crippen molar-refractivity contribution in [1.82, 2.24) is 4.98 Å². The van der Waals surface area contributed by atoms with Gasteiger partial charge in [0.05, 0.1) is 5.60 Å². The predicted octanol–water partition coefficient (Wildman–Crippen LogP) is 0.990. The quantitative estimate of drug-likeness (QED) is 0.818. The number of β-amino-alcohol motifs (C(OH)–C–C–N with tert-alkyl or cyclic N) is 1. The topological polar surface area (TPSA) is 62.4 Å². The summed E-state index contributed by atoms with van der Waals surface area (Å²) < 4.78 is 0. The van der Waals surface area contributed by atoms with Crippen LogP contribution in [0.15, 0.2) is 6.07 Å². The van der Waals surface area contributed by atoms with E-state index >= 15 is 0 Å². The van der Waals surface area contributed by atoms with Gasteiger partial charge in [0.15, 0.2) is 0 Å². The molecular weight excluding hydrogens is 226 g/mol. The maximum Gasteiger partial charge on any atom is 0.133 e. The van der Waals surface area contributed by atoms with Crippen molar-refractivity contribution in [3.8, 4) is 0 Å². The van der Waals surface area contributed by atoms with Gasteiger partial charge in [-0.2, -0.15) is 0 Å². The van der Waals surface area contributed by atoms with Crippen molar-refractivity contribution in [2.75, 3.05) is 18.0 Å². The summed E-state index contributed by atoms with van der Waals surface area (Å²) >= 11 is 0. The second-order valence-corrected chi connectivity index (χ2v) is 5.80. The lowest BCUT2D eigenvalue weighted by Crippen LogP contribution is -2.31. The van der Waals surface area contributed by atoms with Crippen molar-refractivity contribution in [1.29, 1.82) is 0 Å². The molecule has 0 radical (unpaired) electrons. The lowest BCUT2D eigenvalue weighted by atomic mass is 10.1. The largest absolute Gasteiger partial charge is 0.388 e. The van der Waals surface area contributed by atoms with E-state index in [0.717, 1.165) is 37.2 Å². The molecule has 0 saturated carbocycles. The maximum atomic E-state index is 10.1. The molecule has 1 fully saturated rings. The van der Waals surface area contributed by atoms with E-state index in [1.165, 1.54) is 17.7 Å². The van der Waals surface area contributed by atoms with Crippen molar-refractivity contribution < 1.29 is 5.11 Å². The smallest absolute Gasteiger partial charge is 0.133 e. The van der Waals surface area contributed by atoms with E-state index in [4.69, 9.17) is 10.7 Å². The van der Waals surface area contributed by atoms with Gasteiger partial charge in [0.2, 0.25) is 0 Å². The molecule has 0 spiro atoms. The minimum Gasteiger partial charge on any atom is -0.388 e. The van der Waals surface area contributed by atoms with Gasteiger partial charge in [-0.1, -0.05) is 0 Å². The van der Waals surface area contributed by atoms with Crippen molar-refractivity contribution in [3.05, 3.63) is 22.9 Å². The molecule has 2 aliphatic rings. The first-order valence-electron chi connectivity index (χ1n) is 6.78. The Morgan fingerprint density at radius 1 is 1.50 bits per heavy atom. The van der Waals surface area contributed by atoms with Gasteiger partial charge in [0.25, 0.3) is 0 Å². The summed E-state index contributed by atoms with van der Waals surface area (Å²) in [6.45, 7) is 3.94. The number of pyridine rings is 1. The molecule has 1 aliphatic heterocycles. The van der Waals surface area contributed by atoms with Gasteiger partial charge in [0, 0.05) is 30.9 Å². The Labute approximate surface area is 108 Å². The van der Waals surface area contributed by atoms with Gasteiger partial charge in [-0.15, -0.1) is 0 Å². The van der Waals surface area contributed by atoms with Gasteiger partial charge in [0.1, 0.15) is 5.82 Å². The zero-order chi connectivity index (χ0) is 12.8. The van der Waals surface area contributed by atoms with Gasteiger partial charge in [-0.05, 0) is 44.2 Å². The lowest BCUT2D eigenvalue weighted by molar-refractivity contribution is 0.0839. The Bertz CT molecular complexity index is 470. The van der Waals surface area contributed by atoms with Crippen molar-refractivity contribution in [2.45, 2.75) is 44.8 Å². The van der Waals surface area contributed by atoms with Gasteiger partial charge >= 0.3 is 0 Å². The number of hydrogen-bond acceptors (Lipinski definition) is 4. The summed E-state index contributed by atoms with van der Waals surface area (Å²) in [5, 5.41) is 10.1. The summed E-state index contributed by atoms with van der Waals surface area (Å²) in [6, 6.07) is 2.22. The molecule has 1 saturated heterocycles. The molecule has 1 unspecified atom stereocenters. The van der Waals surface area contributed by atoms with E-state index in [2.05, 4.69) is 11.0 Å². The van der Waals surface area contributed by atoms with Crippen LogP contribution in [0.3, 0.4) is 0 Å². The number of hydrogen-bond donors (Lipinski definition) is 2. The summed E-state index contributed by atoms with van der Waals surface area (Å²) in [6.07, 6.45) is 4.22. The molecule has 0 aromatic carbocycles. The van der Waals surface area contributed by atoms with Crippen molar-refractivity contribution >= 4 is 5.82 Å². The average molecular weight is 247 g/mol. The molecule has 1 aromatic heterocycles. The molecule has 4 heteroatoms. The Morgan fingerprint density at radius 2 is 2.33 bits per heavy atom. The van der Waals surface area contributed by atoms with E-state index < -0.39 is 5.60 Å². The molecular formula is C14H21N3O. The van der Waals surface area contributed by atoms with Gasteiger partial charge in [-0.25, -0.2) is 4.98 Å². The maximum absolute atomic E-state index is 10.1. The van der Waals surface area contributed by atoms with Gasteiger partial charge in [-0.3, -0.25) is 0 Å². The molecule has 3 N–H and O–H groups in total. The number of aliphatic hydroxyl groups is 1. The van der Waals surface area contributed by atoms with Crippen LogP contribution in [0.5, 0.6) is 0 Å². The van der Waals surface area contributed by atoms with Crippen LogP contribution >= 0.6 is 0 Å². The molecule has 98 valence electrons. The molecule has 1 atom stereocenters. The highest BCUT2D eigenvalue weighted by molar-refractivity contribution is 5.52. The van der Waals surface area contributed by atoms with E-state index in [1.54, 1.807) is 0 Å². The third-order valence-corrected chi connectivity index (χ3v) is 4.08. The molecule has 2 heterocycles. The first kappa shape index (κ1) is 11.9. The van der Waals surface area contributed by atoms with E-state index in [1.807, 2.05) is 6.92 Å². The van der Waals surface area contributed by atoms with Crippen LogP contribution in [0.4, 0.5) is 5.82 Å². The van der Waals surface area contributed by atoms with Crippen LogP contribution in [-0.4, -0.2) is 28.8 Å². The standard InChI is InChI=1S/C14H21N3O/c1-14(18)5-6-17(9-14)13-11(8-15)7-10-3-2-4-12(10)16-13/h7,18H,2-6,8-9,15H2,1H3. The van der Waals surface area contributed by atoms with Crippen molar-refractivity contribution in [3.63, 3.8) is 0 Å². The minimum absolute atomic E-state index is 0.522. The lowest BCUT2D eigenvalue weighted by Gasteiger charge is -2.23. The number of nitrogens with two attached hydrogens (primary N) is 1. The summed E-state index contributed by atoms with van der Waals surface area (Å²) in [5.41, 5.74) is 8.98. The number of anilines is 1. The van der Waals surface area contributed by atoms with Crippen LogP contribution in [-0.2, 0) is 19.4 Å². The second-order valence-electron chi connectivity index (χ2n) is 5.80. The van der Waals surface area contributed by atoms with Crippen LogP contribution in [0, 0.1) is 0 Å². The number of nitrogens with zero attached hydrogens (tertiary/aromatic N) is 2. The van der Waals surface area contributed by atoms with Crippen molar-refractivity contribution in [2.24, 2.45) is 5.73 Å². The molecule has 1 aliphatic carbocycles. The van der Waals surface area contributed by atoms with Crippen LogP contribution in [0.1, 0.15) is 36.6 Å². The normalized spacial score (nSPS) is 26.7. The molecule has 0 bridgehead atoms. The van der Waals surface area contributed by atoms with Crippen LogP contribution in [0.25, 0.3) is 0 Å². The fourth-order valence-corrected chi connectivity index (χ4v) is 3.06. The SMILES string of the molecule is CC1(O)CCN(c2nc3c(cc2CN)CCC3)C1. The fraction of sp³-hybridized carbons (Fsp3) is 0.643. The number of aryl methyl sites for hydroxylation is 2. The monoisotopic (exact) mass is 247 g/mol. The predicted molar refractivity (Wildman–Crippen MR) is 71.6 cm³/mol. The minimum atomic E-state index is -0.591. The summed E-state index contributed by atoms with van der Waals surface area (Å²) in [5.74, 6) is 0.996. The molecule has 0 amide bonds. The number of rotatable bonds is 2. The second kappa shape index (κ2) is 4.21. The highest BCUT2D eigenvalue weighted by Gasteiger charge is 2.33. The zero-order valence-electron chi connectivity index (χ0n) is 10.9. The molecule has 4 nitrogen and oxygen atoms in total. The van der Waals surface area contributed by atoms with Crippen LogP contribution < -0.4 is 10.6 Å². The summed E-state index contributed by atoms with van der Waals surface area (Å²) in [4.78, 5) is 6.99. The molecule has 18 heavy (non-hydrogen) atoms. The Balaban J connectivity index is 1.96. The number of aromatic nitrogens is 1.